The molecule has 1 N–H and O–H groups in total. The van der Waals surface area contributed by atoms with Crippen LogP contribution < -0.4 is 14.8 Å². The molecule has 0 unspecified atom stereocenters. The molecule has 0 radical (unpaired) electrons. The van der Waals surface area contributed by atoms with Gasteiger partial charge in [0.15, 0.2) is 17.3 Å². The minimum Gasteiger partial charge on any atom is -0.492 e. The molecule has 106 valence electrons. The fraction of sp³-hybridized carbons (Fsp3) is 0.571. The van der Waals surface area contributed by atoms with Gasteiger partial charge >= 0.3 is 0 Å². The van der Waals surface area contributed by atoms with Gasteiger partial charge in [-0.2, -0.15) is 4.39 Å². The van der Waals surface area contributed by atoms with E-state index in [4.69, 9.17) is 9.47 Å². The van der Waals surface area contributed by atoms with Gasteiger partial charge in [0.25, 0.3) is 0 Å². The Morgan fingerprint density at radius 3 is 2.37 bits per heavy atom. The molecule has 5 heteroatoms. The predicted molar refractivity (Wildman–Crippen MR) is 68.8 cm³/mol. The van der Waals surface area contributed by atoms with Crippen LogP contribution in [0.5, 0.6) is 11.5 Å². The Balaban J connectivity index is 2.30. The SMILES string of the molecule is COc1c(CC2CCNCC2)cc(F)c(F)c1OC. The van der Waals surface area contributed by atoms with Crippen LogP contribution in [-0.2, 0) is 6.42 Å². The molecule has 19 heavy (non-hydrogen) atoms. The Morgan fingerprint density at radius 1 is 1.16 bits per heavy atom. The van der Waals surface area contributed by atoms with Crippen molar-refractivity contribution in [2.24, 2.45) is 5.92 Å². The second-order valence-electron chi connectivity index (χ2n) is 4.80. The van der Waals surface area contributed by atoms with Crippen LogP contribution in [0.15, 0.2) is 6.07 Å². The van der Waals surface area contributed by atoms with Crippen molar-refractivity contribution >= 4 is 0 Å². The number of halogens is 2. The van der Waals surface area contributed by atoms with E-state index < -0.39 is 11.6 Å². The molecule has 0 saturated carbocycles. The molecule has 1 fully saturated rings. The van der Waals surface area contributed by atoms with Gasteiger partial charge in [-0.3, -0.25) is 0 Å². The molecule has 0 spiro atoms. The van der Waals surface area contributed by atoms with E-state index in [2.05, 4.69) is 5.32 Å². The summed E-state index contributed by atoms with van der Waals surface area (Å²) in [6, 6.07) is 1.22. The maximum Gasteiger partial charge on any atom is 0.204 e. The van der Waals surface area contributed by atoms with Crippen molar-refractivity contribution in [3.05, 3.63) is 23.3 Å². The molecule has 1 aliphatic heterocycles. The molecule has 3 nitrogen and oxygen atoms in total. The monoisotopic (exact) mass is 271 g/mol. The number of hydrogen-bond donors (Lipinski definition) is 1. The summed E-state index contributed by atoms with van der Waals surface area (Å²) in [5, 5.41) is 3.28. The number of piperidine rings is 1. The minimum absolute atomic E-state index is 0.147. The van der Waals surface area contributed by atoms with E-state index in [0.29, 0.717) is 23.7 Å². The van der Waals surface area contributed by atoms with Crippen molar-refractivity contribution in [1.82, 2.24) is 5.32 Å². The second kappa shape index (κ2) is 6.19. The van der Waals surface area contributed by atoms with Crippen LogP contribution >= 0.6 is 0 Å². The summed E-state index contributed by atoms with van der Waals surface area (Å²) in [4.78, 5) is 0. The van der Waals surface area contributed by atoms with E-state index in [9.17, 15) is 8.78 Å². The number of ether oxygens (including phenoxy) is 2. The summed E-state index contributed by atoms with van der Waals surface area (Å²) in [6.07, 6.45) is 2.74. The molecule has 1 aliphatic rings. The van der Waals surface area contributed by atoms with E-state index in [0.717, 1.165) is 25.9 Å². The maximum atomic E-state index is 13.6. The molecular formula is C14H19F2NO2. The number of nitrogens with one attached hydrogen (secondary N) is 1. The third kappa shape index (κ3) is 2.97. The van der Waals surface area contributed by atoms with Crippen molar-refractivity contribution in [3.63, 3.8) is 0 Å². The average molecular weight is 271 g/mol. The fourth-order valence-corrected chi connectivity index (χ4v) is 2.59. The summed E-state index contributed by atoms with van der Waals surface area (Å²) >= 11 is 0. The average Bonchev–Trinajstić information content (AvgIpc) is 2.43. The van der Waals surface area contributed by atoms with Crippen molar-refractivity contribution in [3.8, 4) is 11.5 Å². The van der Waals surface area contributed by atoms with Crippen LogP contribution in [-0.4, -0.2) is 27.3 Å². The van der Waals surface area contributed by atoms with E-state index >= 15 is 0 Å². The number of rotatable bonds is 4. The lowest BCUT2D eigenvalue weighted by Gasteiger charge is -2.24. The summed E-state index contributed by atoms with van der Waals surface area (Å²) in [7, 11) is 2.76. The van der Waals surface area contributed by atoms with Gasteiger partial charge < -0.3 is 14.8 Å². The first-order chi connectivity index (χ1) is 9.17. The predicted octanol–water partition coefficient (Wildman–Crippen LogP) is 2.52. The third-order valence-corrected chi connectivity index (χ3v) is 3.58. The first-order valence-electron chi connectivity index (χ1n) is 6.47. The normalized spacial score (nSPS) is 16.4. The molecule has 0 aromatic heterocycles. The van der Waals surface area contributed by atoms with Gasteiger partial charge in [0.1, 0.15) is 0 Å². The van der Waals surface area contributed by atoms with Crippen molar-refractivity contribution in [1.29, 1.82) is 0 Å². The summed E-state index contributed by atoms with van der Waals surface area (Å²) < 4.78 is 37.3. The molecule has 1 heterocycles. The lowest BCUT2D eigenvalue weighted by molar-refractivity contribution is 0.318. The van der Waals surface area contributed by atoms with Gasteiger partial charge in [0.2, 0.25) is 5.82 Å². The molecule has 0 aliphatic carbocycles. The first kappa shape index (κ1) is 14.1. The highest BCUT2D eigenvalue weighted by Gasteiger charge is 2.23. The zero-order valence-electron chi connectivity index (χ0n) is 11.3. The third-order valence-electron chi connectivity index (χ3n) is 3.58. The van der Waals surface area contributed by atoms with Crippen LogP contribution in [0.1, 0.15) is 18.4 Å². The Labute approximate surface area is 111 Å². The Bertz CT molecular complexity index is 446. The fourth-order valence-electron chi connectivity index (χ4n) is 2.59. The van der Waals surface area contributed by atoms with Crippen LogP contribution in [0.3, 0.4) is 0 Å². The topological polar surface area (TPSA) is 30.5 Å². The van der Waals surface area contributed by atoms with Gasteiger partial charge in [0, 0.05) is 5.56 Å². The number of benzene rings is 1. The lowest BCUT2D eigenvalue weighted by atomic mass is 9.90. The molecule has 1 aromatic rings. The largest absolute Gasteiger partial charge is 0.492 e. The molecule has 0 bridgehead atoms. The molecule has 0 atom stereocenters. The van der Waals surface area contributed by atoms with Gasteiger partial charge in [-0.25, -0.2) is 4.39 Å². The van der Waals surface area contributed by atoms with E-state index in [1.165, 1.54) is 20.3 Å². The van der Waals surface area contributed by atoms with Crippen molar-refractivity contribution in [2.45, 2.75) is 19.3 Å². The van der Waals surface area contributed by atoms with Gasteiger partial charge in [-0.15, -0.1) is 0 Å². The second-order valence-corrected chi connectivity index (χ2v) is 4.80. The maximum absolute atomic E-state index is 13.6. The molecule has 0 amide bonds. The zero-order valence-corrected chi connectivity index (χ0v) is 11.3. The lowest BCUT2D eigenvalue weighted by Crippen LogP contribution is -2.28. The zero-order chi connectivity index (χ0) is 13.8. The van der Waals surface area contributed by atoms with E-state index in [1.807, 2.05) is 0 Å². The Hall–Kier alpha value is -1.36. The molecule has 2 rings (SSSR count). The number of methoxy groups -OCH3 is 2. The highest BCUT2D eigenvalue weighted by molar-refractivity contribution is 5.48. The summed E-state index contributed by atoms with van der Waals surface area (Å²) in [5.41, 5.74) is 0.671. The summed E-state index contributed by atoms with van der Waals surface area (Å²) in [5.74, 6) is -1.26. The first-order valence-corrected chi connectivity index (χ1v) is 6.47. The van der Waals surface area contributed by atoms with E-state index in [1.54, 1.807) is 0 Å². The van der Waals surface area contributed by atoms with Crippen molar-refractivity contribution < 1.29 is 18.3 Å². The van der Waals surface area contributed by atoms with Gasteiger partial charge in [0.05, 0.1) is 14.2 Å². The number of hydrogen-bond acceptors (Lipinski definition) is 3. The van der Waals surface area contributed by atoms with Crippen LogP contribution in [0.4, 0.5) is 8.78 Å². The smallest absolute Gasteiger partial charge is 0.204 e. The highest BCUT2D eigenvalue weighted by atomic mass is 19.2. The highest BCUT2D eigenvalue weighted by Crippen LogP contribution is 2.37. The summed E-state index contributed by atoms with van der Waals surface area (Å²) in [6.45, 7) is 1.93. The van der Waals surface area contributed by atoms with Gasteiger partial charge in [-0.1, -0.05) is 0 Å². The standard InChI is InChI=1S/C14H19F2NO2/c1-18-13-10(7-9-3-5-17-6-4-9)8-11(15)12(16)14(13)19-2/h8-9,17H,3-7H2,1-2H3. The van der Waals surface area contributed by atoms with Gasteiger partial charge in [-0.05, 0) is 44.3 Å². The van der Waals surface area contributed by atoms with E-state index in [-0.39, 0.29) is 5.75 Å². The Morgan fingerprint density at radius 2 is 1.79 bits per heavy atom. The van der Waals surface area contributed by atoms with Crippen LogP contribution in [0.2, 0.25) is 0 Å². The van der Waals surface area contributed by atoms with Crippen molar-refractivity contribution in [2.75, 3.05) is 27.3 Å². The Kier molecular flexibility index (Phi) is 4.58. The van der Waals surface area contributed by atoms with Crippen LogP contribution in [0.25, 0.3) is 0 Å². The molecule has 1 aromatic carbocycles. The quantitative estimate of drug-likeness (QED) is 0.912. The molecule has 1 saturated heterocycles. The minimum atomic E-state index is -0.992. The molecular weight excluding hydrogens is 252 g/mol. The van der Waals surface area contributed by atoms with Crippen LogP contribution in [0, 0.1) is 17.6 Å².